The van der Waals surface area contributed by atoms with E-state index in [1.54, 1.807) is 14.0 Å². The number of benzene rings is 1. The maximum Gasteiger partial charge on any atom is 0.161 e. The molecule has 0 unspecified atom stereocenters. The highest BCUT2D eigenvalue weighted by atomic mass is 16.5. The number of ether oxygens (including phenoxy) is 2. The van der Waals surface area contributed by atoms with Crippen molar-refractivity contribution in [1.82, 2.24) is 0 Å². The zero-order valence-electron chi connectivity index (χ0n) is 10.5. The van der Waals surface area contributed by atoms with Crippen LogP contribution >= 0.6 is 0 Å². The average Bonchev–Trinajstić information content (AvgIpc) is 2.27. The lowest BCUT2D eigenvalue weighted by Gasteiger charge is -2.25. The molecule has 17 heavy (non-hydrogen) atoms. The molecule has 1 saturated carbocycles. The Hall–Kier alpha value is -1.22. The van der Waals surface area contributed by atoms with Crippen LogP contribution in [0.3, 0.4) is 0 Å². The highest BCUT2D eigenvalue weighted by molar-refractivity contribution is 5.43. The van der Waals surface area contributed by atoms with Crippen LogP contribution in [-0.2, 0) is 0 Å². The van der Waals surface area contributed by atoms with Gasteiger partial charge in [-0.2, -0.15) is 0 Å². The molecule has 0 aliphatic heterocycles. The molecule has 1 aliphatic rings. The van der Waals surface area contributed by atoms with E-state index in [1.807, 2.05) is 18.2 Å². The van der Waals surface area contributed by atoms with Crippen LogP contribution in [0.5, 0.6) is 11.5 Å². The number of aliphatic hydroxyl groups excluding tert-OH is 1. The van der Waals surface area contributed by atoms with Crippen molar-refractivity contribution < 1.29 is 14.6 Å². The summed E-state index contributed by atoms with van der Waals surface area (Å²) in [7, 11) is 1.62. The summed E-state index contributed by atoms with van der Waals surface area (Å²) in [5, 5.41) is 9.50. The maximum atomic E-state index is 9.50. The van der Waals surface area contributed by atoms with Gasteiger partial charge in [-0.15, -0.1) is 0 Å². The van der Waals surface area contributed by atoms with Gasteiger partial charge in [0.05, 0.1) is 19.8 Å². The van der Waals surface area contributed by atoms with Gasteiger partial charge in [0, 0.05) is 0 Å². The number of aliphatic hydroxyl groups is 1. The monoisotopic (exact) mass is 236 g/mol. The minimum absolute atomic E-state index is 0.482. The predicted octanol–water partition coefficient (Wildman–Crippen LogP) is 2.93. The van der Waals surface area contributed by atoms with Crippen LogP contribution in [-0.4, -0.2) is 18.8 Å². The standard InChI is InChI=1S/C14H20O3/c1-10(15)12-6-7-13(14(8-12)16-2)17-9-11-4-3-5-11/h6-8,10-11,15H,3-5,9H2,1-2H3/t10-/m1/s1. The van der Waals surface area contributed by atoms with E-state index in [2.05, 4.69) is 0 Å². The predicted molar refractivity (Wildman–Crippen MR) is 66.5 cm³/mol. The van der Waals surface area contributed by atoms with Gasteiger partial charge in [-0.25, -0.2) is 0 Å². The fourth-order valence-corrected chi connectivity index (χ4v) is 1.93. The minimum atomic E-state index is -0.482. The van der Waals surface area contributed by atoms with Gasteiger partial charge >= 0.3 is 0 Å². The summed E-state index contributed by atoms with van der Waals surface area (Å²) in [4.78, 5) is 0. The first kappa shape index (κ1) is 12.2. The molecule has 3 nitrogen and oxygen atoms in total. The molecule has 0 heterocycles. The van der Waals surface area contributed by atoms with Crippen LogP contribution in [0.2, 0.25) is 0 Å². The Morgan fingerprint density at radius 2 is 2.12 bits per heavy atom. The van der Waals surface area contributed by atoms with Gasteiger partial charge in [-0.05, 0) is 43.4 Å². The van der Waals surface area contributed by atoms with Crippen molar-refractivity contribution in [1.29, 1.82) is 0 Å². The van der Waals surface area contributed by atoms with Crippen LogP contribution in [0.15, 0.2) is 18.2 Å². The van der Waals surface area contributed by atoms with Gasteiger partial charge < -0.3 is 14.6 Å². The SMILES string of the molecule is COc1cc([C@@H](C)O)ccc1OCC1CCC1. The summed E-state index contributed by atoms with van der Waals surface area (Å²) in [5.74, 6) is 2.17. The highest BCUT2D eigenvalue weighted by Gasteiger charge is 2.18. The van der Waals surface area contributed by atoms with Gasteiger partial charge in [-0.3, -0.25) is 0 Å². The minimum Gasteiger partial charge on any atom is -0.493 e. The normalized spacial score (nSPS) is 17.4. The van der Waals surface area contributed by atoms with E-state index in [1.165, 1.54) is 19.3 Å². The zero-order chi connectivity index (χ0) is 12.3. The van der Waals surface area contributed by atoms with Gasteiger partial charge in [0.2, 0.25) is 0 Å². The van der Waals surface area contributed by atoms with Crippen molar-refractivity contribution in [3.8, 4) is 11.5 Å². The Balaban J connectivity index is 2.04. The van der Waals surface area contributed by atoms with E-state index in [0.29, 0.717) is 11.7 Å². The van der Waals surface area contributed by atoms with Gasteiger partial charge in [0.15, 0.2) is 11.5 Å². The zero-order valence-corrected chi connectivity index (χ0v) is 10.5. The Labute approximate surface area is 102 Å². The van der Waals surface area contributed by atoms with Crippen molar-refractivity contribution in [3.63, 3.8) is 0 Å². The fraction of sp³-hybridized carbons (Fsp3) is 0.571. The first-order chi connectivity index (χ1) is 8.20. The Bertz CT molecular complexity index is 370. The molecule has 1 N–H and O–H groups in total. The van der Waals surface area contributed by atoms with Crippen LogP contribution in [0.4, 0.5) is 0 Å². The van der Waals surface area contributed by atoms with Crippen molar-refractivity contribution in [3.05, 3.63) is 23.8 Å². The largest absolute Gasteiger partial charge is 0.493 e. The summed E-state index contributed by atoms with van der Waals surface area (Å²) in [6.45, 7) is 2.51. The van der Waals surface area contributed by atoms with E-state index in [0.717, 1.165) is 17.9 Å². The van der Waals surface area contributed by atoms with Gasteiger partial charge in [0.1, 0.15) is 0 Å². The number of hydrogen-bond donors (Lipinski definition) is 1. The summed E-state index contributed by atoms with van der Waals surface area (Å²) < 4.78 is 11.0. The van der Waals surface area contributed by atoms with Gasteiger partial charge in [0.25, 0.3) is 0 Å². The molecule has 1 aliphatic carbocycles. The molecule has 2 rings (SSSR count). The van der Waals surface area contributed by atoms with Crippen molar-refractivity contribution in [2.75, 3.05) is 13.7 Å². The van der Waals surface area contributed by atoms with Gasteiger partial charge in [-0.1, -0.05) is 12.5 Å². The van der Waals surface area contributed by atoms with Crippen LogP contribution in [0.1, 0.15) is 37.9 Å². The molecule has 1 aromatic rings. The number of hydrogen-bond acceptors (Lipinski definition) is 3. The second kappa shape index (κ2) is 5.41. The van der Waals surface area contributed by atoms with Crippen LogP contribution in [0, 0.1) is 5.92 Å². The topological polar surface area (TPSA) is 38.7 Å². The smallest absolute Gasteiger partial charge is 0.161 e. The molecule has 0 bridgehead atoms. The maximum absolute atomic E-state index is 9.50. The first-order valence-electron chi connectivity index (χ1n) is 6.19. The third-order valence-corrected chi connectivity index (χ3v) is 3.37. The number of rotatable bonds is 5. The van der Waals surface area contributed by atoms with E-state index >= 15 is 0 Å². The molecule has 0 aromatic heterocycles. The van der Waals surface area contributed by atoms with Crippen molar-refractivity contribution >= 4 is 0 Å². The Morgan fingerprint density at radius 1 is 1.35 bits per heavy atom. The second-order valence-corrected chi connectivity index (χ2v) is 4.69. The molecule has 1 fully saturated rings. The molecular formula is C14H20O3. The summed E-state index contributed by atoms with van der Waals surface area (Å²) >= 11 is 0. The molecule has 1 atom stereocenters. The lowest BCUT2D eigenvalue weighted by atomic mass is 9.86. The highest BCUT2D eigenvalue weighted by Crippen LogP contribution is 2.32. The van der Waals surface area contributed by atoms with Crippen LogP contribution in [0.25, 0.3) is 0 Å². The molecule has 3 heteroatoms. The van der Waals surface area contributed by atoms with Crippen molar-refractivity contribution in [2.24, 2.45) is 5.92 Å². The lowest BCUT2D eigenvalue weighted by Crippen LogP contribution is -2.19. The van der Waals surface area contributed by atoms with E-state index < -0.39 is 6.10 Å². The summed E-state index contributed by atoms with van der Waals surface area (Å²) in [5.41, 5.74) is 0.845. The first-order valence-corrected chi connectivity index (χ1v) is 6.19. The third kappa shape index (κ3) is 2.91. The second-order valence-electron chi connectivity index (χ2n) is 4.69. The quantitative estimate of drug-likeness (QED) is 0.854. The molecule has 94 valence electrons. The fourth-order valence-electron chi connectivity index (χ4n) is 1.93. The molecule has 0 spiro atoms. The van der Waals surface area contributed by atoms with E-state index in [9.17, 15) is 5.11 Å². The number of methoxy groups -OCH3 is 1. The third-order valence-electron chi connectivity index (χ3n) is 3.37. The average molecular weight is 236 g/mol. The molecule has 1 aromatic carbocycles. The molecule has 0 saturated heterocycles. The Morgan fingerprint density at radius 3 is 2.65 bits per heavy atom. The molecule has 0 radical (unpaired) electrons. The molecular weight excluding hydrogens is 216 g/mol. The van der Waals surface area contributed by atoms with E-state index in [-0.39, 0.29) is 0 Å². The van der Waals surface area contributed by atoms with Crippen LogP contribution < -0.4 is 9.47 Å². The summed E-state index contributed by atoms with van der Waals surface area (Å²) in [6, 6.07) is 5.59. The lowest BCUT2D eigenvalue weighted by molar-refractivity contribution is 0.175. The Kier molecular flexibility index (Phi) is 3.89. The van der Waals surface area contributed by atoms with E-state index in [4.69, 9.17) is 9.47 Å². The summed E-state index contributed by atoms with van der Waals surface area (Å²) in [6.07, 6.45) is 3.39. The van der Waals surface area contributed by atoms with Crippen molar-refractivity contribution in [2.45, 2.75) is 32.3 Å². The molecule has 0 amide bonds.